The first-order chi connectivity index (χ1) is 9.74. The van der Waals surface area contributed by atoms with Crippen molar-refractivity contribution >= 4 is 22.8 Å². The van der Waals surface area contributed by atoms with E-state index in [4.69, 9.17) is 4.42 Å². The maximum absolute atomic E-state index is 10.9. The molecule has 104 valence electrons. The molecule has 3 rings (SSSR count). The van der Waals surface area contributed by atoms with Crippen molar-refractivity contribution in [1.29, 1.82) is 0 Å². The van der Waals surface area contributed by atoms with E-state index in [1.807, 2.05) is 0 Å². The number of nitro benzene ring substituents is 1. The highest BCUT2D eigenvalue weighted by Crippen LogP contribution is 2.27. The van der Waals surface area contributed by atoms with Crippen molar-refractivity contribution in [2.45, 2.75) is 6.42 Å². The molecule has 7 heteroatoms. The fraction of sp³-hybridized carbons (Fsp3) is 0.308. The average Bonchev–Trinajstić information content (AvgIpc) is 2.88. The Morgan fingerprint density at radius 3 is 3.15 bits per heavy atom. The predicted octanol–water partition coefficient (Wildman–Crippen LogP) is 2.07. The minimum atomic E-state index is -0.454. The first-order valence-corrected chi connectivity index (χ1v) is 6.40. The van der Waals surface area contributed by atoms with E-state index in [9.17, 15) is 10.1 Å². The predicted molar refractivity (Wildman–Crippen MR) is 74.7 cm³/mol. The lowest BCUT2D eigenvalue weighted by Crippen LogP contribution is -2.23. The summed E-state index contributed by atoms with van der Waals surface area (Å²) >= 11 is 0. The van der Waals surface area contributed by atoms with Crippen molar-refractivity contribution in [3.63, 3.8) is 0 Å². The third kappa shape index (κ3) is 2.48. The van der Waals surface area contributed by atoms with Gasteiger partial charge in [-0.2, -0.15) is 4.98 Å². The molecule has 1 aliphatic rings. The van der Waals surface area contributed by atoms with Crippen LogP contribution in [0, 0.1) is 10.1 Å². The van der Waals surface area contributed by atoms with Crippen LogP contribution in [0.25, 0.3) is 11.1 Å². The molecular formula is C13H14N4O3. The molecule has 0 saturated carbocycles. The van der Waals surface area contributed by atoms with E-state index in [2.05, 4.69) is 21.7 Å². The van der Waals surface area contributed by atoms with Gasteiger partial charge in [0.1, 0.15) is 0 Å². The standard InChI is InChI=1S/C13H14N4O3/c18-17(19)10-2-1-3-11-12(10)16-13(20-11)15-8-9-4-6-14-7-5-9/h1-4,14H,5-8H2,(H,15,16). The van der Waals surface area contributed by atoms with Gasteiger partial charge in [-0.15, -0.1) is 0 Å². The van der Waals surface area contributed by atoms with Gasteiger partial charge in [-0.25, -0.2) is 0 Å². The molecule has 2 N–H and O–H groups in total. The number of oxazole rings is 1. The normalized spacial score (nSPS) is 15.1. The van der Waals surface area contributed by atoms with Crippen LogP contribution >= 0.6 is 0 Å². The van der Waals surface area contributed by atoms with Crippen LogP contribution in [0.1, 0.15) is 6.42 Å². The molecule has 7 nitrogen and oxygen atoms in total. The van der Waals surface area contributed by atoms with Crippen LogP contribution in [0.4, 0.5) is 11.7 Å². The molecule has 2 aromatic rings. The summed E-state index contributed by atoms with van der Waals surface area (Å²) in [6, 6.07) is 4.99. The lowest BCUT2D eigenvalue weighted by molar-refractivity contribution is -0.383. The Labute approximate surface area is 114 Å². The lowest BCUT2D eigenvalue weighted by Gasteiger charge is -2.13. The molecule has 0 spiro atoms. The van der Waals surface area contributed by atoms with Crippen LogP contribution in [0.3, 0.4) is 0 Å². The highest BCUT2D eigenvalue weighted by Gasteiger charge is 2.17. The van der Waals surface area contributed by atoms with Gasteiger partial charge in [0.15, 0.2) is 11.1 Å². The number of hydrogen-bond acceptors (Lipinski definition) is 6. The van der Waals surface area contributed by atoms with Gasteiger partial charge in [0, 0.05) is 19.2 Å². The van der Waals surface area contributed by atoms with Gasteiger partial charge in [0.05, 0.1) is 4.92 Å². The average molecular weight is 274 g/mol. The number of fused-ring (bicyclic) bond motifs is 1. The molecular weight excluding hydrogens is 260 g/mol. The number of aromatic nitrogens is 1. The molecule has 1 aromatic heterocycles. The molecule has 0 bridgehead atoms. The van der Waals surface area contributed by atoms with Gasteiger partial charge in [-0.1, -0.05) is 17.7 Å². The van der Waals surface area contributed by atoms with Crippen molar-refractivity contribution in [3.05, 3.63) is 40.0 Å². The van der Waals surface area contributed by atoms with Crippen LogP contribution in [-0.2, 0) is 0 Å². The summed E-state index contributed by atoms with van der Waals surface area (Å²) in [5.41, 5.74) is 1.93. The molecule has 1 aromatic carbocycles. The van der Waals surface area contributed by atoms with E-state index in [-0.39, 0.29) is 11.2 Å². The Balaban J connectivity index is 1.80. The van der Waals surface area contributed by atoms with Crippen molar-refractivity contribution in [2.75, 3.05) is 25.0 Å². The maximum Gasteiger partial charge on any atom is 0.298 e. The summed E-state index contributed by atoms with van der Waals surface area (Å²) in [6.45, 7) is 2.48. The second-order valence-electron chi connectivity index (χ2n) is 4.57. The van der Waals surface area contributed by atoms with Crippen LogP contribution in [0.2, 0.25) is 0 Å². The zero-order valence-corrected chi connectivity index (χ0v) is 10.8. The SMILES string of the molecule is O=[N+]([O-])c1cccc2oc(NCC3=CCNCC3)nc12. The monoisotopic (exact) mass is 274 g/mol. The summed E-state index contributed by atoms with van der Waals surface area (Å²) in [6.07, 6.45) is 3.11. The summed E-state index contributed by atoms with van der Waals surface area (Å²) in [7, 11) is 0. The number of nitrogens with one attached hydrogen (secondary N) is 2. The summed E-state index contributed by atoms with van der Waals surface area (Å²) in [5, 5.41) is 17.2. The number of para-hydroxylation sites is 1. The van der Waals surface area contributed by atoms with Gasteiger partial charge in [0.2, 0.25) is 0 Å². The summed E-state index contributed by atoms with van der Waals surface area (Å²) < 4.78 is 5.48. The Bertz CT molecular complexity index is 677. The molecule has 20 heavy (non-hydrogen) atoms. The molecule has 0 fully saturated rings. The molecule has 2 heterocycles. The zero-order valence-electron chi connectivity index (χ0n) is 10.8. The van der Waals surface area contributed by atoms with E-state index in [0.29, 0.717) is 18.1 Å². The maximum atomic E-state index is 10.9. The van der Waals surface area contributed by atoms with Crippen LogP contribution < -0.4 is 10.6 Å². The van der Waals surface area contributed by atoms with E-state index in [0.717, 1.165) is 19.5 Å². The first-order valence-electron chi connectivity index (χ1n) is 6.40. The highest BCUT2D eigenvalue weighted by atomic mass is 16.6. The van der Waals surface area contributed by atoms with Crippen molar-refractivity contribution in [2.24, 2.45) is 0 Å². The van der Waals surface area contributed by atoms with E-state index >= 15 is 0 Å². The highest BCUT2D eigenvalue weighted by molar-refractivity contribution is 5.84. The molecule has 0 unspecified atom stereocenters. The Morgan fingerprint density at radius 1 is 1.50 bits per heavy atom. The Hall–Kier alpha value is -2.41. The minimum Gasteiger partial charge on any atom is -0.423 e. The van der Waals surface area contributed by atoms with Crippen LogP contribution in [-0.4, -0.2) is 29.5 Å². The second kappa shape index (κ2) is 5.30. The Kier molecular flexibility index (Phi) is 3.34. The van der Waals surface area contributed by atoms with E-state index in [1.165, 1.54) is 11.6 Å². The van der Waals surface area contributed by atoms with Gasteiger partial charge in [-0.3, -0.25) is 10.1 Å². The smallest absolute Gasteiger partial charge is 0.298 e. The number of nitro groups is 1. The van der Waals surface area contributed by atoms with Gasteiger partial charge in [-0.05, 0) is 19.0 Å². The van der Waals surface area contributed by atoms with E-state index < -0.39 is 4.92 Å². The quantitative estimate of drug-likeness (QED) is 0.503. The third-order valence-electron chi connectivity index (χ3n) is 3.22. The number of benzene rings is 1. The fourth-order valence-electron chi connectivity index (χ4n) is 2.18. The number of anilines is 1. The fourth-order valence-corrected chi connectivity index (χ4v) is 2.18. The number of non-ortho nitro benzene ring substituents is 1. The molecule has 1 aliphatic heterocycles. The summed E-state index contributed by atoms with van der Waals surface area (Å²) in [4.78, 5) is 14.6. The second-order valence-corrected chi connectivity index (χ2v) is 4.57. The number of hydrogen-bond donors (Lipinski definition) is 2. The minimum absolute atomic E-state index is 0.0413. The first kappa shape index (κ1) is 12.6. The third-order valence-corrected chi connectivity index (χ3v) is 3.22. The zero-order chi connectivity index (χ0) is 13.9. The molecule has 0 saturated heterocycles. The lowest BCUT2D eigenvalue weighted by atomic mass is 10.1. The molecule has 0 amide bonds. The molecule has 0 radical (unpaired) electrons. The van der Waals surface area contributed by atoms with Gasteiger partial charge >= 0.3 is 0 Å². The van der Waals surface area contributed by atoms with Crippen molar-refractivity contribution in [1.82, 2.24) is 10.3 Å². The van der Waals surface area contributed by atoms with Gasteiger partial charge < -0.3 is 15.1 Å². The summed E-state index contributed by atoms with van der Waals surface area (Å²) in [5.74, 6) is 0. The van der Waals surface area contributed by atoms with Crippen LogP contribution in [0.15, 0.2) is 34.3 Å². The van der Waals surface area contributed by atoms with E-state index in [1.54, 1.807) is 12.1 Å². The molecule has 0 aliphatic carbocycles. The van der Waals surface area contributed by atoms with Crippen molar-refractivity contribution in [3.8, 4) is 0 Å². The Morgan fingerprint density at radius 2 is 2.40 bits per heavy atom. The number of nitrogens with zero attached hydrogens (tertiary/aromatic N) is 2. The molecule has 0 atom stereocenters. The topological polar surface area (TPSA) is 93.2 Å². The number of rotatable bonds is 4. The van der Waals surface area contributed by atoms with Gasteiger partial charge in [0.25, 0.3) is 11.7 Å². The van der Waals surface area contributed by atoms with Crippen LogP contribution in [0.5, 0.6) is 0 Å². The largest absolute Gasteiger partial charge is 0.423 e. The van der Waals surface area contributed by atoms with Crippen molar-refractivity contribution < 1.29 is 9.34 Å².